The molecule has 1 aromatic carbocycles. The van der Waals surface area contributed by atoms with E-state index in [0.717, 1.165) is 17.1 Å². The van der Waals surface area contributed by atoms with Crippen LogP contribution in [0.4, 0.5) is 5.69 Å². The van der Waals surface area contributed by atoms with Gasteiger partial charge in [-0.1, -0.05) is 12.1 Å². The number of aromatic nitrogens is 2. The monoisotopic (exact) mass is 215 g/mol. The summed E-state index contributed by atoms with van der Waals surface area (Å²) in [5, 5.41) is 0. The zero-order chi connectivity index (χ0) is 11.4. The number of aryl methyl sites for hydroxylation is 1. The maximum Gasteiger partial charge on any atom is 0.144 e. The molecule has 0 radical (unpaired) electrons. The van der Waals surface area contributed by atoms with Gasteiger partial charge in [0.05, 0.1) is 25.3 Å². The van der Waals surface area contributed by atoms with Crippen molar-refractivity contribution in [1.29, 1.82) is 0 Å². The second kappa shape index (κ2) is 4.61. The van der Waals surface area contributed by atoms with Gasteiger partial charge in [0.25, 0.3) is 0 Å². The molecular formula is C12H13N3O. The first-order chi connectivity index (χ1) is 7.79. The van der Waals surface area contributed by atoms with Gasteiger partial charge in [0.15, 0.2) is 0 Å². The lowest BCUT2D eigenvalue weighted by Crippen LogP contribution is -1.84. The van der Waals surface area contributed by atoms with Crippen molar-refractivity contribution in [2.45, 2.75) is 0 Å². The molecule has 0 fully saturated rings. The quantitative estimate of drug-likeness (QED) is 0.736. The van der Waals surface area contributed by atoms with Crippen molar-refractivity contribution in [1.82, 2.24) is 9.55 Å². The highest BCUT2D eigenvalue weighted by Crippen LogP contribution is 2.25. The number of ether oxygens (including phenoxy) is 1. The minimum atomic E-state index is 0.759. The van der Waals surface area contributed by atoms with Gasteiger partial charge < -0.3 is 9.30 Å². The number of aliphatic imine (C=N–C) groups is 1. The first-order valence-corrected chi connectivity index (χ1v) is 4.94. The Morgan fingerprint density at radius 1 is 1.38 bits per heavy atom. The van der Waals surface area contributed by atoms with Crippen molar-refractivity contribution >= 4 is 11.9 Å². The topological polar surface area (TPSA) is 39.4 Å². The zero-order valence-corrected chi connectivity index (χ0v) is 9.29. The second-order valence-corrected chi connectivity index (χ2v) is 3.39. The number of imidazole rings is 1. The third kappa shape index (κ3) is 2.28. The fourth-order valence-electron chi connectivity index (χ4n) is 1.37. The molecule has 1 aromatic heterocycles. The summed E-state index contributed by atoms with van der Waals surface area (Å²) in [5.41, 5.74) is 1.63. The summed E-state index contributed by atoms with van der Waals surface area (Å²) >= 11 is 0. The molecule has 1 heterocycles. The average Bonchev–Trinajstić information content (AvgIpc) is 2.73. The van der Waals surface area contributed by atoms with Gasteiger partial charge >= 0.3 is 0 Å². The van der Waals surface area contributed by atoms with E-state index in [1.54, 1.807) is 19.7 Å². The summed E-state index contributed by atoms with van der Waals surface area (Å²) in [6.07, 6.45) is 5.36. The Morgan fingerprint density at radius 3 is 2.88 bits per heavy atom. The van der Waals surface area contributed by atoms with E-state index in [1.807, 2.05) is 42.1 Å². The minimum Gasteiger partial charge on any atom is -0.494 e. The highest BCUT2D eigenvalue weighted by Gasteiger charge is 1.98. The van der Waals surface area contributed by atoms with E-state index in [-0.39, 0.29) is 0 Å². The Bertz CT molecular complexity index is 502. The van der Waals surface area contributed by atoms with Crippen LogP contribution in [-0.4, -0.2) is 22.9 Å². The molecule has 4 nitrogen and oxygen atoms in total. The van der Waals surface area contributed by atoms with E-state index in [2.05, 4.69) is 9.98 Å². The molecule has 0 saturated heterocycles. The van der Waals surface area contributed by atoms with Crippen molar-refractivity contribution < 1.29 is 4.74 Å². The van der Waals surface area contributed by atoms with Gasteiger partial charge in [-0.3, -0.25) is 4.99 Å². The number of benzene rings is 1. The predicted octanol–water partition coefficient (Wildman–Crippen LogP) is 2.18. The molecule has 4 heteroatoms. The largest absolute Gasteiger partial charge is 0.494 e. The number of para-hydroxylation sites is 2. The molecule has 0 amide bonds. The molecule has 16 heavy (non-hydrogen) atoms. The smallest absolute Gasteiger partial charge is 0.144 e. The molecule has 2 aromatic rings. The van der Waals surface area contributed by atoms with Crippen molar-refractivity contribution in [3.63, 3.8) is 0 Å². The fourth-order valence-corrected chi connectivity index (χ4v) is 1.37. The van der Waals surface area contributed by atoms with E-state index >= 15 is 0 Å². The van der Waals surface area contributed by atoms with Crippen molar-refractivity contribution in [2.75, 3.05) is 7.11 Å². The predicted molar refractivity (Wildman–Crippen MR) is 63.5 cm³/mol. The summed E-state index contributed by atoms with van der Waals surface area (Å²) in [7, 11) is 3.56. The maximum absolute atomic E-state index is 5.20. The lowest BCUT2D eigenvalue weighted by molar-refractivity contribution is 0.416. The summed E-state index contributed by atoms with van der Waals surface area (Å²) in [6.45, 7) is 0. The standard InChI is InChI=1S/C12H13N3O/c1-15-8-10(14-9-15)7-13-11-5-3-4-6-12(11)16-2/h3-9H,1-2H3/b13-7+. The van der Waals surface area contributed by atoms with Crippen LogP contribution < -0.4 is 4.74 Å². The minimum absolute atomic E-state index is 0.759. The molecule has 0 aliphatic rings. The first kappa shape index (κ1) is 10.4. The molecule has 82 valence electrons. The fraction of sp³-hybridized carbons (Fsp3) is 0.167. The molecule has 0 aliphatic carbocycles. The number of nitrogens with zero attached hydrogens (tertiary/aromatic N) is 3. The molecule has 0 N–H and O–H groups in total. The Morgan fingerprint density at radius 2 is 2.19 bits per heavy atom. The molecular weight excluding hydrogens is 202 g/mol. The van der Waals surface area contributed by atoms with Gasteiger partial charge in [-0.15, -0.1) is 0 Å². The van der Waals surface area contributed by atoms with Crippen LogP contribution in [-0.2, 0) is 7.05 Å². The van der Waals surface area contributed by atoms with Gasteiger partial charge in [0.2, 0.25) is 0 Å². The lowest BCUT2D eigenvalue weighted by atomic mass is 10.3. The number of methoxy groups -OCH3 is 1. The van der Waals surface area contributed by atoms with Crippen LogP contribution in [0.2, 0.25) is 0 Å². The first-order valence-electron chi connectivity index (χ1n) is 4.94. The molecule has 0 spiro atoms. The van der Waals surface area contributed by atoms with Crippen LogP contribution in [0.25, 0.3) is 0 Å². The summed E-state index contributed by atoms with van der Waals surface area (Å²) in [4.78, 5) is 8.49. The lowest BCUT2D eigenvalue weighted by Gasteiger charge is -2.01. The Kier molecular flexibility index (Phi) is 3.00. The van der Waals surface area contributed by atoms with E-state index in [9.17, 15) is 0 Å². The van der Waals surface area contributed by atoms with Gasteiger partial charge in [0, 0.05) is 13.2 Å². The van der Waals surface area contributed by atoms with Gasteiger partial charge in [-0.05, 0) is 12.1 Å². The van der Waals surface area contributed by atoms with E-state index < -0.39 is 0 Å². The van der Waals surface area contributed by atoms with Crippen LogP contribution in [0, 0.1) is 0 Å². The number of rotatable bonds is 3. The number of hydrogen-bond donors (Lipinski definition) is 0. The summed E-state index contributed by atoms with van der Waals surface area (Å²) in [6, 6.07) is 7.62. The van der Waals surface area contributed by atoms with Gasteiger partial charge in [-0.2, -0.15) is 0 Å². The Balaban J connectivity index is 2.23. The van der Waals surface area contributed by atoms with Crippen LogP contribution in [0.5, 0.6) is 5.75 Å². The van der Waals surface area contributed by atoms with Gasteiger partial charge in [-0.25, -0.2) is 4.98 Å². The third-order valence-corrected chi connectivity index (χ3v) is 2.15. The molecule has 0 saturated carbocycles. The molecule has 0 atom stereocenters. The van der Waals surface area contributed by atoms with Crippen LogP contribution >= 0.6 is 0 Å². The van der Waals surface area contributed by atoms with Crippen molar-refractivity contribution in [3.8, 4) is 5.75 Å². The summed E-state index contributed by atoms with van der Waals surface area (Å²) < 4.78 is 7.08. The highest BCUT2D eigenvalue weighted by atomic mass is 16.5. The normalized spacial score (nSPS) is 10.9. The SMILES string of the molecule is COc1ccccc1/N=C/c1cn(C)cn1. The van der Waals surface area contributed by atoms with Crippen LogP contribution in [0.1, 0.15) is 5.69 Å². The van der Waals surface area contributed by atoms with E-state index in [4.69, 9.17) is 4.74 Å². The average molecular weight is 215 g/mol. The number of hydrogen-bond acceptors (Lipinski definition) is 3. The summed E-state index contributed by atoms with van der Waals surface area (Å²) in [5.74, 6) is 0.759. The van der Waals surface area contributed by atoms with Crippen molar-refractivity contribution in [3.05, 3.63) is 42.5 Å². The molecule has 0 aliphatic heterocycles. The van der Waals surface area contributed by atoms with E-state index in [0.29, 0.717) is 0 Å². The molecule has 0 bridgehead atoms. The molecule has 2 rings (SSSR count). The highest BCUT2D eigenvalue weighted by molar-refractivity contribution is 5.80. The van der Waals surface area contributed by atoms with Crippen molar-refractivity contribution in [2.24, 2.45) is 12.0 Å². The second-order valence-electron chi connectivity index (χ2n) is 3.39. The van der Waals surface area contributed by atoms with E-state index in [1.165, 1.54) is 0 Å². The van der Waals surface area contributed by atoms with Crippen LogP contribution in [0.3, 0.4) is 0 Å². The zero-order valence-electron chi connectivity index (χ0n) is 9.29. The molecule has 0 unspecified atom stereocenters. The Labute approximate surface area is 94.2 Å². The maximum atomic E-state index is 5.20. The van der Waals surface area contributed by atoms with Crippen LogP contribution in [0.15, 0.2) is 41.8 Å². The third-order valence-electron chi connectivity index (χ3n) is 2.15. The van der Waals surface area contributed by atoms with Gasteiger partial charge in [0.1, 0.15) is 11.4 Å². The Hall–Kier alpha value is -2.10.